The molecule has 5 rings (SSSR count). The average molecular weight is 442 g/mol. The number of carbonyl (C=O) groups is 1. The number of para-hydroxylation sites is 1. The van der Waals surface area contributed by atoms with Crippen LogP contribution < -0.4 is 4.74 Å². The van der Waals surface area contributed by atoms with E-state index in [1.165, 1.54) is 5.57 Å². The van der Waals surface area contributed by atoms with E-state index < -0.39 is 5.97 Å². The van der Waals surface area contributed by atoms with Gasteiger partial charge in [0.05, 0.1) is 17.3 Å². The smallest absolute Gasteiger partial charge is 0.309 e. The summed E-state index contributed by atoms with van der Waals surface area (Å²) in [6.07, 6.45) is 8.51. The Morgan fingerprint density at radius 1 is 1.09 bits per heavy atom. The van der Waals surface area contributed by atoms with Gasteiger partial charge in [0.2, 0.25) is 0 Å². The quantitative estimate of drug-likeness (QED) is 0.549. The van der Waals surface area contributed by atoms with Crippen molar-refractivity contribution in [2.45, 2.75) is 26.0 Å². The highest BCUT2D eigenvalue weighted by Gasteiger charge is 2.32. The molecule has 0 bridgehead atoms. The number of rotatable bonds is 8. The lowest BCUT2D eigenvalue weighted by molar-refractivity contribution is -0.147. The Morgan fingerprint density at radius 3 is 2.58 bits per heavy atom. The first-order chi connectivity index (χ1) is 16.2. The Hall–Kier alpha value is -3.64. The van der Waals surface area contributed by atoms with Crippen LogP contribution in [0.5, 0.6) is 5.75 Å². The van der Waals surface area contributed by atoms with Gasteiger partial charge >= 0.3 is 5.97 Å². The minimum atomic E-state index is -0.705. The number of hydrogen-bond acceptors (Lipinski definition) is 4. The molecule has 168 valence electrons. The summed E-state index contributed by atoms with van der Waals surface area (Å²) in [5.74, 6) is -0.140. The minimum absolute atomic E-state index is 0.228. The summed E-state index contributed by atoms with van der Waals surface area (Å²) in [6, 6.07) is 20.3. The Labute approximate surface area is 193 Å². The number of allylic oxidation sites excluding steroid dienone is 4. The largest absolute Gasteiger partial charge is 0.487 e. The van der Waals surface area contributed by atoms with Crippen molar-refractivity contribution in [2.75, 3.05) is 13.1 Å². The monoisotopic (exact) mass is 441 g/mol. The molecule has 33 heavy (non-hydrogen) atoms. The second kappa shape index (κ2) is 9.46. The summed E-state index contributed by atoms with van der Waals surface area (Å²) in [5, 5.41) is 13.8. The predicted octanol–water partition coefficient (Wildman–Crippen LogP) is 4.70. The summed E-state index contributed by atoms with van der Waals surface area (Å²) >= 11 is 0. The van der Waals surface area contributed by atoms with Crippen LogP contribution >= 0.6 is 0 Å². The van der Waals surface area contributed by atoms with Gasteiger partial charge in [-0.1, -0.05) is 48.6 Å². The first kappa shape index (κ1) is 21.2. The Morgan fingerprint density at radius 2 is 1.88 bits per heavy atom. The molecule has 0 amide bonds. The maximum atomic E-state index is 11.0. The number of aromatic nitrogens is 2. The van der Waals surface area contributed by atoms with Crippen LogP contribution in [-0.4, -0.2) is 38.8 Å². The summed E-state index contributed by atoms with van der Waals surface area (Å²) < 4.78 is 8.04. The normalized spacial score (nSPS) is 16.3. The van der Waals surface area contributed by atoms with Crippen molar-refractivity contribution >= 4 is 11.5 Å². The molecule has 0 unspecified atom stereocenters. The summed E-state index contributed by atoms with van der Waals surface area (Å²) in [4.78, 5) is 13.1. The topological polar surface area (TPSA) is 67.6 Å². The van der Waals surface area contributed by atoms with Crippen LogP contribution in [0.25, 0.3) is 11.3 Å². The summed E-state index contributed by atoms with van der Waals surface area (Å²) in [6.45, 7) is 2.39. The number of benzene rings is 2. The van der Waals surface area contributed by atoms with Gasteiger partial charge in [0, 0.05) is 19.6 Å². The highest BCUT2D eigenvalue weighted by molar-refractivity contribution is 5.71. The van der Waals surface area contributed by atoms with Crippen molar-refractivity contribution < 1.29 is 14.6 Å². The fourth-order valence-electron chi connectivity index (χ4n) is 4.27. The molecule has 6 nitrogen and oxygen atoms in total. The average Bonchev–Trinajstić information content (AvgIpc) is 3.26. The molecule has 6 heteroatoms. The van der Waals surface area contributed by atoms with Crippen molar-refractivity contribution in [2.24, 2.45) is 5.92 Å². The molecule has 0 atom stereocenters. The van der Waals surface area contributed by atoms with E-state index in [2.05, 4.69) is 41.3 Å². The Kier molecular flexibility index (Phi) is 6.09. The summed E-state index contributed by atoms with van der Waals surface area (Å²) in [5.41, 5.74) is 5.46. The molecule has 0 spiro atoms. The third-order valence-electron chi connectivity index (χ3n) is 6.13. The standard InChI is InChI=1S/C27H27N3O3/c31-27(32)22-17-29(18-22)16-20-11-13-25(14-12-20)33-19-23-15-26(21-7-3-1-4-8-21)30(28-23)24-9-5-2-6-10-24/h1-3,5-7,9-15,22H,4,8,16-19H2,(H,31,32). The molecule has 1 fully saturated rings. The van der Waals surface area contributed by atoms with Crippen molar-refractivity contribution in [3.63, 3.8) is 0 Å². The first-order valence-electron chi connectivity index (χ1n) is 11.3. The van der Waals surface area contributed by atoms with Gasteiger partial charge in [-0.3, -0.25) is 9.69 Å². The van der Waals surface area contributed by atoms with Gasteiger partial charge in [0.1, 0.15) is 18.1 Å². The minimum Gasteiger partial charge on any atom is -0.487 e. The number of hydrogen-bond donors (Lipinski definition) is 1. The third kappa shape index (κ3) is 4.91. The number of carboxylic acids is 1. The second-order valence-corrected chi connectivity index (χ2v) is 8.59. The van der Waals surface area contributed by atoms with Crippen LogP contribution in [0, 0.1) is 5.92 Å². The molecule has 2 heterocycles. The van der Waals surface area contributed by atoms with Crippen molar-refractivity contribution in [1.82, 2.24) is 14.7 Å². The number of nitrogens with zero attached hydrogens (tertiary/aromatic N) is 3. The molecule has 0 radical (unpaired) electrons. The lowest BCUT2D eigenvalue weighted by atomic mass is 10.00. The molecule has 2 aliphatic rings. The van der Waals surface area contributed by atoms with Crippen LogP contribution in [-0.2, 0) is 17.9 Å². The van der Waals surface area contributed by atoms with Gasteiger partial charge in [-0.05, 0) is 54.3 Å². The number of likely N-dealkylation sites (tertiary alicyclic amines) is 1. The number of aliphatic carboxylic acids is 1. The summed E-state index contributed by atoms with van der Waals surface area (Å²) in [7, 11) is 0. The van der Waals surface area contributed by atoms with Crippen molar-refractivity contribution in [1.29, 1.82) is 0 Å². The van der Waals surface area contributed by atoms with Gasteiger partial charge in [-0.2, -0.15) is 5.10 Å². The van der Waals surface area contributed by atoms with Gasteiger partial charge in [-0.25, -0.2) is 4.68 Å². The zero-order valence-electron chi connectivity index (χ0n) is 18.4. The van der Waals surface area contributed by atoms with Crippen LogP contribution in [0.15, 0.2) is 78.9 Å². The highest BCUT2D eigenvalue weighted by Crippen LogP contribution is 2.27. The van der Waals surface area contributed by atoms with E-state index in [1.54, 1.807) is 0 Å². The number of ether oxygens (including phenoxy) is 1. The van der Waals surface area contributed by atoms with E-state index in [0.29, 0.717) is 19.7 Å². The van der Waals surface area contributed by atoms with E-state index >= 15 is 0 Å². The zero-order chi connectivity index (χ0) is 22.6. The zero-order valence-corrected chi connectivity index (χ0v) is 18.4. The van der Waals surface area contributed by atoms with Crippen LogP contribution in [0.1, 0.15) is 29.8 Å². The SMILES string of the molecule is O=C(O)C1CN(Cc2ccc(OCc3cc(C4=CC=CCC4)n(-c4ccccc4)n3)cc2)C1. The molecular formula is C27H27N3O3. The first-order valence-corrected chi connectivity index (χ1v) is 11.3. The second-order valence-electron chi connectivity index (χ2n) is 8.59. The van der Waals surface area contributed by atoms with E-state index in [-0.39, 0.29) is 5.92 Å². The fourth-order valence-corrected chi connectivity index (χ4v) is 4.27. The van der Waals surface area contributed by atoms with Gasteiger partial charge in [-0.15, -0.1) is 0 Å². The maximum absolute atomic E-state index is 11.0. The molecule has 1 aromatic heterocycles. The fraction of sp³-hybridized carbons (Fsp3) is 0.259. The van der Waals surface area contributed by atoms with Crippen molar-refractivity contribution in [3.8, 4) is 11.4 Å². The molecule has 0 saturated carbocycles. The van der Waals surface area contributed by atoms with Crippen LogP contribution in [0.3, 0.4) is 0 Å². The number of carboxylic acid groups (broad SMARTS) is 1. The van der Waals surface area contributed by atoms with Gasteiger partial charge < -0.3 is 9.84 Å². The molecular weight excluding hydrogens is 414 g/mol. The highest BCUT2D eigenvalue weighted by atomic mass is 16.5. The van der Waals surface area contributed by atoms with Crippen LogP contribution in [0.2, 0.25) is 0 Å². The van der Waals surface area contributed by atoms with Crippen molar-refractivity contribution in [3.05, 3.63) is 95.8 Å². The predicted molar refractivity (Wildman–Crippen MR) is 127 cm³/mol. The van der Waals surface area contributed by atoms with Gasteiger partial charge in [0.15, 0.2) is 0 Å². The molecule has 3 aromatic rings. The van der Waals surface area contributed by atoms with Gasteiger partial charge in [0.25, 0.3) is 0 Å². The van der Waals surface area contributed by atoms with E-state index in [9.17, 15) is 4.79 Å². The van der Waals surface area contributed by atoms with E-state index in [0.717, 1.165) is 47.8 Å². The molecule has 1 aliphatic carbocycles. The molecule has 2 aromatic carbocycles. The molecule has 1 saturated heterocycles. The Bertz CT molecular complexity index is 1170. The van der Waals surface area contributed by atoms with E-state index in [4.69, 9.17) is 14.9 Å². The molecule has 1 aliphatic heterocycles. The van der Waals surface area contributed by atoms with E-state index in [1.807, 2.05) is 47.1 Å². The maximum Gasteiger partial charge on any atom is 0.309 e. The molecule has 1 N–H and O–H groups in total. The lowest BCUT2D eigenvalue weighted by Gasteiger charge is -2.36. The van der Waals surface area contributed by atoms with Crippen LogP contribution in [0.4, 0.5) is 0 Å². The Balaban J connectivity index is 1.25. The lowest BCUT2D eigenvalue weighted by Crippen LogP contribution is -2.49. The third-order valence-corrected chi connectivity index (χ3v) is 6.13.